The van der Waals surface area contributed by atoms with Crippen molar-refractivity contribution >= 4 is 17.0 Å². The van der Waals surface area contributed by atoms with Crippen molar-refractivity contribution in [3.05, 3.63) is 12.7 Å². The van der Waals surface area contributed by atoms with E-state index in [0.717, 1.165) is 32.6 Å². The molecule has 0 bridgehead atoms. The molecule has 11 heteroatoms. The van der Waals surface area contributed by atoms with Crippen LogP contribution in [0.4, 0.5) is 5.82 Å². The molecular weight excluding hydrogens is 424 g/mol. The molecule has 0 radical (unpaired) electrons. The molecule has 2 aliphatic rings. The minimum absolute atomic E-state index is 0.265. The summed E-state index contributed by atoms with van der Waals surface area (Å²) in [6.45, 7) is 7.92. The highest BCUT2D eigenvalue weighted by molar-refractivity contribution is 5.81. The van der Waals surface area contributed by atoms with Gasteiger partial charge >= 0.3 is 0 Å². The van der Waals surface area contributed by atoms with Crippen LogP contribution in [0.25, 0.3) is 11.2 Å². The number of nitrogens with one attached hydrogen (secondary N) is 1. The normalized spacial score (nSPS) is 28.8. The SMILES string of the molecule is CC1CCCCN1CCCNCCN(C)C[C@H]1O[C@@H](n2cnc3c(N)ncnc32)[C@H](O)[C@@H]1O. The number of nitrogens with zero attached hydrogens (tertiary/aromatic N) is 6. The summed E-state index contributed by atoms with van der Waals surface area (Å²) in [7, 11) is 1.99. The van der Waals surface area contributed by atoms with Gasteiger partial charge in [0.15, 0.2) is 17.7 Å². The van der Waals surface area contributed by atoms with Crippen molar-refractivity contribution in [3.63, 3.8) is 0 Å². The second kappa shape index (κ2) is 11.0. The number of piperidine rings is 1. The zero-order valence-corrected chi connectivity index (χ0v) is 19.7. The molecule has 0 spiro atoms. The van der Waals surface area contributed by atoms with Crippen molar-refractivity contribution in [3.8, 4) is 0 Å². The van der Waals surface area contributed by atoms with Crippen molar-refractivity contribution in [2.24, 2.45) is 0 Å². The average molecular weight is 463 g/mol. The van der Waals surface area contributed by atoms with Crippen LogP contribution in [0.2, 0.25) is 0 Å². The summed E-state index contributed by atoms with van der Waals surface area (Å²) in [6.07, 6.45) is 4.62. The van der Waals surface area contributed by atoms with Crippen molar-refractivity contribution in [1.29, 1.82) is 0 Å². The Morgan fingerprint density at radius 1 is 1.21 bits per heavy atom. The van der Waals surface area contributed by atoms with Gasteiger partial charge < -0.3 is 35.8 Å². The smallest absolute Gasteiger partial charge is 0.167 e. The number of hydrogen-bond donors (Lipinski definition) is 4. The molecule has 2 fully saturated rings. The summed E-state index contributed by atoms with van der Waals surface area (Å²) in [5.41, 5.74) is 6.77. The Bertz CT molecular complexity index is 896. The fraction of sp³-hybridized carbons (Fsp3) is 0.773. The zero-order chi connectivity index (χ0) is 23.4. The number of hydrogen-bond acceptors (Lipinski definition) is 10. The first-order valence-corrected chi connectivity index (χ1v) is 12.0. The monoisotopic (exact) mass is 462 g/mol. The maximum atomic E-state index is 10.6. The molecule has 0 aromatic carbocycles. The molecular formula is C22H38N8O3. The van der Waals surface area contributed by atoms with Crippen LogP contribution in [-0.2, 0) is 4.74 Å². The Morgan fingerprint density at radius 2 is 2.06 bits per heavy atom. The highest BCUT2D eigenvalue weighted by atomic mass is 16.6. The lowest BCUT2D eigenvalue weighted by Gasteiger charge is -2.33. The lowest BCUT2D eigenvalue weighted by atomic mass is 10.0. The van der Waals surface area contributed by atoms with Gasteiger partial charge in [0.05, 0.1) is 6.33 Å². The Labute approximate surface area is 194 Å². The van der Waals surface area contributed by atoms with E-state index < -0.39 is 24.5 Å². The summed E-state index contributed by atoms with van der Waals surface area (Å²) < 4.78 is 7.63. The fourth-order valence-electron chi connectivity index (χ4n) is 4.86. The van der Waals surface area contributed by atoms with Gasteiger partial charge in [0.2, 0.25) is 0 Å². The minimum Gasteiger partial charge on any atom is -0.387 e. The van der Waals surface area contributed by atoms with Crippen molar-refractivity contribution in [1.82, 2.24) is 34.6 Å². The van der Waals surface area contributed by atoms with Gasteiger partial charge in [-0.3, -0.25) is 4.57 Å². The topological polar surface area (TPSA) is 138 Å². The molecule has 2 aromatic heterocycles. The minimum atomic E-state index is -1.09. The Kier molecular flexibility index (Phi) is 8.10. The number of aromatic nitrogens is 4. The van der Waals surface area contributed by atoms with E-state index in [1.54, 1.807) is 4.57 Å². The lowest BCUT2D eigenvalue weighted by Crippen LogP contribution is -2.41. The van der Waals surface area contributed by atoms with Gasteiger partial charge in [0.25, 0.3) is 0 Å². The molecule has 5 atom stereocenters. The quantitative estimate of drug-likeness (QED) is 0.352. The second-order valence-corrected chi connectivity index (χ2v) is 9.38. The number of nitrogens with two attached hydrogens (primary N) is 1. The van der Waals surface area contributed by atoms with E-state index in [4.69, 9.17) is 10.5 Å². The molecule has 0 amide bonds. The van der Waals surface area contributed by atoms with E-state index >= 15 is 0 Å². The zero-order valence-electron chi connectivity index (χ0n) is 19.7. The highest BCUT2D eigenvalue weighted by Gasteiger charge is 2.44. The molecule has 4 rings (SSSR count). The van der Waals surface area contributed by atoms with E-state index in [0.29, 0.717) is 23.8 Å². The van der Waals surface area contributed by atoms with Crippen LogP contribution in [0.3, 0.4) is 0 Å². The van der Waals surface area contributed by atoms with Gasteiger partial charge in [-0.1, -0.05) is 6.42 Å². The Hall–Kier alpha value is -1.89. The van der Waals surface area contributed by atoms with Crippen LogP contribution in [-0.4, -0.2) is 110 Å². The molecule has 1 unspecified atom stereocenters. The van der Waals surface area contributed by atoms with Crippen molar-refractivity contribution in [2.75, 3.05) is 52.0 Å². The number of anilines is 1. The third-order valence-corrected chi connectivity index (χ3v) is 6.90. The van der Waals surface area contributed by atoms with E-state index in [2.05, 4.69) is 37.0 Å². The van der Waals surface area contributed by atoms with Gasteiger partial charge in [0.1, 0.15) is 30.2 Å². The summed E-state index contributed by atoms with van der Waals surface area (Å²) in [5.74, 6) is 0.265. The van der Waals surface area contributed by atoms with Gasteiger partial charge in [-0.15, -0.1) is 0 Å². The van der Waals surface area contributed by atoms with Crippen LogP contribution < -0.4 is 11.1 Å². The van der Waals surface area contributed by atoms with Crippen molar-refractivity contribution < 1.29 is 14.9 Å². The van der Waals surface area contributed by atoms with E-state index in [1.165, 1.54) is 38.5 Å². The average Bonchev–Trinajstić information content (AvgIpc) is 3.35. The van der Waals surface area contributed by atoms with Crippen LogP contribution in [0.5, 0.6) is 0 Å². The number of likely N-dealkylation sites (tertiary alicyclic amines) is 1. The second-order valence-electron chi connectivity index (χ2n) is 9.38. The molecule has 11 nitrogen and oxygen atoms in total. The first-order chi connectivity index (χ1) is 16.0. The summed E-state index contributed by atoms with van der Waals surface area (Å²) in [6, 6.07) is 0.715. The molecule has 2 aromatic rings. The molecule has 5 N–H and O–H groups in total. The first-order valence-electron chi connectivity index (χ1n) is 12.0. The van der Waals surface area contributed by atoms with Crippen LogP contribution >= 0.6 is 0 Å². The number of ether oxygens (including phenoxy) is 1. The summed E-state index contributed by atoms with van der Waals surface area (Å²) in [5, 5.41) is 24.7. The standard InChI is InChI=1S/C22H38N8O3/c1-15-6-3-4-9-29(15)10-5-7-24-8-11-28(2)12-16-18(31)19(32)22(33-16)30-14-27-17-20(23)25-13-26-21(17)30/h13-16,18-19,22,24,31-32H,3-12H2,1-2H3,(H2,23,25,26)/t15?,16-,18-,19-,22-/m1/s1. The molecule has 2 aliphatic heterocycles. The summed E-state index contributed by atoms with van der Waals surface area (Å²) in [4.78, 5) is 17.1. The van der Waals surface area contributed by atoms with Gasteiger partial charge in [-0.25, -0.2) is 15.0 Å². The number of fused-ring (bicyclic) bond motifs is 1. The number of imidazole rings is 1. The lowest BCUT2D eigenvalue weighted by molar-refractivity contribution is -0.0420. The molecule has 0 aliphatic carbocycles. The molecule has 0 saturated carbocycles. The number of likely N-dealkylation sites (N-methyl/N-ethyl adjacent to an activating group) is 1. The first kappa shape index (κ1) is 24.2. The van der Waals surface area contributed by atoms with Crippen molar-refractivity contribution in [2.45, 2.75) is 63.2 Å². The Balaban J connectivity index is 1.20. The number of aliphatic hydroxyl groups excluding tert-OH is 2. The maximum absolute atomic E-state index is 10.6. The van der Waals surface area contributed by atoms with Crippen LogP contribution in [0, 0.1) is 0 Å². The van der Waals surface area contributed by atoms with Crippen LogP contribution in [0.1, 0.15) is 38.8 Å². The molecule has 2 saturated heterocycles. The van der Waals surface area contributed by atoms with E-state index in [9.17, 15) is 10.2 Å². The maximum Gasteiger partial charge on any atom is 0.167 e. The van der Waals surface area contributed by atoms with E-state index in [-0.39, 0.29) is 5.82 Å². The highest BCUT2D eigenvalue weighted by Crippen LogP contribution is 2.32. The predicted molar refractivity (Wildman–Crippen MR) is 126 cm³/mol. The van der Waals surface area contributed by atoms with E-state index in [1.807, 2.05) is 7.05 Å². The fourth-order valence-corrected chi connectivity index (χ4v) is 4.86. The molecule has 4 heterocycles. The van der Waals surface area contributed by atoms with Gasteiger partial charge in [-0.2, -0.15) is 0 Å². The predicted octanol–water partition coefficient (Wildman–Crippen LogP) is -0.186. The summed E-state index contributed by atoms with van der Waals surface area (Å²) >= 11 is 0. The molecule has 33 heavy (non-hydrogen) atoms. The Morgan fingerprint density at radius 3 is 2.88 bits per heavy atom. The number of aliphatic hydroxyl groups is 2. The van der Waals surface area contributed by atoms with Gasteiger partial charge in [-0.05, 0) is 52.9 Å². The van der Waals surface area contributed by atoms with Gasteiger partial charge in [0, 0.05) is 25.7 Å². The molecule has 184 valence electrons. The third kappa shape index (κ3) is 5.61. The largest absolute Gasteiger partial charge is 0.387 e. The number of nitrogen functional groups attached to an aromatic ring is 1. The van der Waals surface area contributed by atoms with Crippen LogP contribution in [0.15, 0.2) is 12.7 Å². The third-order valence-electron chi connectivity index (χ3n) is 6.90. The number of rotatable bonds is 10.